The maximum Gasteiger partial charge on any atom is 0.134 e. The topological polar surface area (TPSA) is 30.0 Å². The lowest BCUT2D eigenvalue weighted by molar-refractivity contribution is -0.134. The Bertz CT molecular complexity index is 707. The predicted octanol–water partition coefficient (Wildman–Crippen LogP) is 5.41. The molecular weight excluding hydrogens is 289 g/mol. The largest absolute Gasteiger partial charge is 0.300 e. The highest BCUT2D eigenvalue weighted by Gasteiger charge is 2.45. The van der Waals surface area contributed by atoms with Crippen molar-refractivity contribution in [1.29, 1.82) is 0 Å². The van der Waals surface area contributed by atoms with Crippen LogP contribution in [0.2, 0.25) is 0 Å². The van der Waals surface area contributed by atoms with Gasteiger partial charge in [-0.05, 0) is 66.8 Å². The van der Waals surface area contributed by atoms with Gasteiger partial charge in [0.15, 0.2) is 0 Å². The van der Waals surface area contributed by atoms with Crippen LogP contribution in [-0.2, 0) is 4.79 Å². The summed E-state index contributed by atoms with van der Waals surface area (Å²) in [5, 5.41) is 0.947. The van der Waals surface area contributed by atoms with E-state index in [2.05, 4.69) is 4.98 Å². The number of carbonyl (C=O) groups excluding carboxylic acids is 1. The fourth-order valence-electron chi connectivity index (χ4n) is 4.18. The third kappa shape index (κ3) is 3.01. The van der Waals surface area contributed by atoms with Crippen LogP contribution in [0.4, 0.5) is 4.39 Å². The third-order valence-corrected chi connectivity index (χ3v) is 5.37. The highest BCUT2D eigenvalue weighted by Crippen LogP contribution is 2.53. The number of halogens is 1. The Morgan fingerprint density at radius 1 is 1.13 bits per heavy atom. The van der Waals surface area contributed by atoms with Crippen LogP contribution in [0.1, 0.15) is 63.9 Å². The number of aromatic nitrogens is 1. The first-order valence-electron chi connectivity index (χ1n) is 8.71. The van der Waals surface area contributed by atoms with Crippen molar-refractivity contribution in [1.82, 2.24) is 4.98 Å². The van der Waals surface area contributed by atoms with Gasteiger partial charge in [0.05, 0.1) is 5.52 Å². The van der Waals surface area contributed by atoms with Crippen molar-refractivity contribution >= 4 is 16.7 Å². The number of nitrogens with zero attached hydrogens (tertiary/aromatic N) is 1. The molecule has 2 aromatic rings. The summed E-state index contributed by atoms with van der Waals surface area (Å²) in [5.41, 5.74) is 2.40. The molecule has 0 unspecified atom stereocenters. The summed E-state index contributed by atoms with van der Waals surface area (Å²) in [6.45, 7) is 4.00. The number of carbonyl (C=O) groups is 1. The second kappa shape index (κ2) is 6.38. The molecule has 2 fully saturated rings. The summed E-state index contributed by atoms with van der Waals surface area (Å²) in [4.78, 5) is 15.6. The van der Waals surface area contributed by atoms with Gasteiger partial charge in [-0.2, -0.15) is 0 Å². The average molecular weight is 313 g/mol. The molecule has 0 radical (unpaired) electrons. The van der Waals surface area contributed by atoms with Gasteiger partial charge in [0, 0.05) is 24.4 Å². The SMILES string of the molecule is CC.O=C1CC2(CCC(c3ccnc4ccc(F)cc34)CC2)C1. The van der Waals surface area contributed by atoms with Gasteiger partial charge >= 0.3 is 0 Å². The summed E-state index contributed by atoms with van der Waals surface area (Å²) in [5.74, 6) is 0.692. The minimum absolute atomic E-state index is 0.200. The zero-order valence-corrected chi connectivity index (χ0v) is 13.9. The van der Waals surface area contributed by atoms with E-state index in [0.29, 0.717) is 17.1 Å². The summed E-state index contributed by atoms with van der Waals surface area (Å²) >= 11 is 0. The molecule has 2 saturated carbocycles. The molecule has 0 N–H and O–H groups in total. The molecule has 1 aromatic carbocycles. The van der Waals surface area contributed by atoms with E-state index in [9.17, 15) is 9.18 Å². The number of ketones is 1. The molecule has 0 atom stereocenters. The van der Waals surface area contributed by atoms with Crippen LogP contribution in [0.15, 0.2) is 30.5 Å². The van der Waals surface area contributed by atoms with Gasteiger partial charge in [-0.25, -0.2) is 4.39 Å². The number of benzene rings is 1. The molecule has 0 aliphatic heterocycles. The van der Waals surface area contributed by atoms with Crippen molar-refractivity contribution in [3.05, 3.63) is 41.8 Å². The van der Waals surface area contributed by atoms with Crippen molar-refractivity contribution in [3.8, 4) is 0 Å². The van der Waals surface area contributed by atoms with E-state index in [1.807, 2.05) is 26.1 Å². The van der Waals surface area contributed by atoms with Crippen LogP contribution < -0.4 is 0 Å². The van der Waals surface area contributed by atoms with Crippen molar-refractivity contribution in [2.24, 2.45) is 5.41 Å². The quantitative estimate of drug-likeness (QED) is 0.705. The Morgan fingerprint density at radius 2 is 1.83 bits per heavy atom. The normalized spacial score (nSPS) is 20.0. The van der Waals surface area contributed by atoms with Crippen LogP contribution in [-0.4, -0.2) is 10.8 Å². The summed E-state index contributed by atoms with van der Waals surface area (Å²) in [6, 6.07) is 6.86. The molecule has 0 amide bonds. The Labute approximate surface area is 137 Å². The van der Waals surface area contributed by atoms with E-state index in [0.717, 1.165) is 49.4 Å². The molecule has 0 saturated heterocycles. The van der Waals surface area contributed by atoms with Crippen molar-refractivity contribution < 1.29 is 9.18 Å². The number of hydrogen-bond donors (Lipinski definition) is 0. The van der Waals surface area contributed by atoms with E-state index in [1.54, 1.807) is 12.1 Å². The smallest absolute Gasteiger partial charge is 0.134 e. The number of Topliss-reactive ketones (excluding diaryl/α,β-unsaturated/α-hetero) is 1. The van der Waals surface area contributed by atoms with Gasteiger partial charge in [0.2, 0.25) is 0 Å². The van der Waals surface area contributed by atoms with E-state index in [1.165, 1.54) is 11.6 Å². The molecule has 23 heavy (non-hydrogen) atoms. The van der Waals surface area contributed by atoms with Crippen LogP contribution in [0.3, 0.4) is 0 Å². The summed E-state index contributed by atoms with van der Waals surface area (Å²) in [7, 11) is 0. The molecular formula is C20H24FNO. The van der Waals surface area contributed by atoms with E-state index in [-0.39, 0.29) is 5.82 Å². The van der Waals surface area contributed by atoms with Crippen LogP contribution in [0.25, 0.3) is 10.9 Å². The van der Waals surface area contributed by atoms with Gasteiger partial charge in [0.1, 0.15) is 11.6 Å². The number of hydrogen-bond acceptors (Lipinski definition) is 2. The lowest BCUT2D eigenvalue weighted by Gasteiger charge is -2.45. The Balaban J connectivity index is 0.000000753. The van der Waals surface area contributed by atoms with Crippen molar-refractivity contribution in [3.63, 3.8) is 0 Å². The first kappa shape index (κ1) is 16.1. The molecule has 1 heterocycles. The van der Waals surface area contributed by atoms with Crippen LogP contribution >= 0.6 is 0 Å². The van der Waals surface area contributed by atoms with Gasteiger partial charge < -0.3 is 0 Å². The molecule has 2 aliphatic carbocycles. The minimum atomic E-state index is -0.200. The number of rotatable bonds is 1. The highest BCUT2D eigenvalue weighted by molar-refractivity contribution is 5.86. The molecule has 1 aromatic heterocycles. The molecule has 0 bridgehead atoms. The first-order chi connectivity index (χ1) is 11.2. The first-order valence-corrected chi connectivity index (χ1v) is 8.71. The minimum Gasteiger partial charge on any atom is -0.300 e. The zero-order valence-electron chi connectivity index (χ0n) is 13.9. The van der Waals surface area contributed by atoms with Crippen LogP contribution in [0.5, 0.6) is 0 Å². The van der Waals surface area contributed by atoms with Gasteiger partial charge in [0.25, 0.3) is 0 Å². The Morgan fingerprint density at radius 3 is 2.48 bits per heavy atom. The van der Waals surface area contributed by atoms with Gasteiger partial charge in [-0.3, -0.25) is 9.78 Å². The summed E-state index contributed by atoms with van der Waals surface area (Å²) < 4.78 is 13.5. The Kier molecular flexibility index (Phi) is 4.47. The van der Waals surface area contributed by atoms with Crippen molar-refractivity contribution in [2.75, 3.05) is 0 Å². The molecule has 2 aliphatic rings. The second-order valence-corrected chi connectivity index (χ2v) is 6.73. The monoisotopic (exact) mass is 313 g/mol. The molecule has 1 spiro atoms. The molecule has 122 valence electrons. The van der Waals surface area contributed by atoms with Gasteiger partial charge in [-0.1, -0.05) is 13.8 Å². The predicted molar refractivity (Wildman–Crippen MR) is 90.9 cm³/mol. The van der Waals surface area contributed by atoms with E-state index < -0.39 is 0 Å². The fraction of sp³-hybridized carbons (Fsp3) is 0.500. The Hall–Kier alpha value is -1.77. The zero-order chi connectivity index (χ0) is 16.4. The second-order valence-electron chi connectivity index (χ2n) is 6.73. The van der Waals surface area contributed by atoms with E-state index in [4.69, 9.17) is 0 Å². The standard InChI is InChI=1S/C18H18FNO.C2H6/c19-13-1-2-17-16(9-13)15(5-8-20-17)12-3-6-18(7-4-12)10-14(21)11-18;1-2/h1-2,5,8-9,12H,3-4,6-7,10-11H2;1-2H3. The molecule has 3 heteroatoms. The van der Waals surface area contributed by atoms with Crippen LogP contribution in [0, 0.1) is 11.2 Å². The van der Waals surface area contributed by atoms with Crippen molar-refractivity contribution in [2.45, 2.75) is 58.3 Å². The lowest BCUT2D eigenvalue weighted by atomic mass is 9.58. The maximum atomic E-state index is 13.5. The molecule has 4 rings (SSSR count). The van der Waals surface area contributed by atoms with Gasteiger partial charge in [-0.15, -0.1) is 0 Å². The number of fused-ring (bicyclic) bond motifs is 1. The maximum absolute atomic E-state index is 13.5. The molecule has 2 nitrogen and oxygen atoms in total. The summed E-state index contributed by atoms with van der Waals surface area (Å²) in [6.07, 6.45) is 7.85. The van der Waals surface area contributed by atoms with E-state index >= 15 is 0 Å². The average Bonchev–Trinajstić information content (AvgIpc) is 2.56. The number of pyridine rings is 1. The fourth-order valence-corrected chi connectivity index (χ4v) is 4.18. The lowest BCUT2D eigenvalue weighted by Crippen LogP contribution is -2.40. The third-order valence-electron chi connectivity index (χ3n) is 5.37. The highest BCUT2D eigenvalue weighted by atomic mass is 19.1.